The van der Waals surface area contributed by atoms with Crippen LogP contribution >= 0.6 is 22.7 Å². The molecule has 0 saturated carbocycles. The summed E-state index contributed by atoms with van der Waals surface area (Å²) in [5, 5.41) is 8.41. The number of carbonyl (C=O) groups is 2. The summed E-state index contributed by atoms with van der Waals surface area (Å²) in [6, 6.07) is 7.39. The first-order valence-electron chi connectivity index (χ1n) is 8.39. The van der Waals surface area contributed by atoms with Crippen LogP contribution in [0.2, 0.25) is 0 Å². The maximum absolute atomic E-state index is 12.9. The minimum absolute atomic E-state index is 0.144. The number of pyridine rings is 1. The van der Waals surface area contributed by atoms with Crippen LogP contribution in [-0.2, 0) is 19.4 Å². The highest BCUT2D eigenvalue weighted by Crippen LogP contribution is 2.39. The molecule has 0 aliphatic heterocycles. The molecule has 1 aliphatic rings. The van der Waals surface area contributed by atoms with Gasteiger partial charge in [-0.15, -0.1) is 22.7 Å². The molecule has 0 unspecified atom stereocenters. The van der Waals surface area contributed by atoms with Crippen molar-refractivity contribution >= 4 is 39.5 Å². The normalized spacial score (nSPS) is 12.6. The third-order valence-electron chi connectivity index (χ3n) is 4.30. The lowest BCUT2D eigenvalue weighted by Gasteiger charge is -2.09. The molecule has 4 rings (SSSR count). The Morgan fingerprint density at radius 1 is 1.15 bits per heavy atom. The van der Waals surface area contributed by atoms with Gasteiger partial charge < -0.3 is 10.6 Å². The zero-order valence-corrected chi connectivity index (χ0v) is 15.6. The summed E-state index contributed by atoms with van der Waals surface area (Å²) in [6.07, 6.45) is 6.35. The summed E-state index contributed by atoms with van der Waals surface area (Å²) >= 11 is 2.91. The third-order valence-corrected chi connectivity index (χ3v) is 6.37. The summed E-state index contributed by atoms with van der Waals surface area (Å²) in [6.45, 7) is 0.412. The van der Waals surface area contributed by atoms with Crippen LogP contribution in [0.1, 0.15) is 42.5 Å². The minimum Gasteiger partial charge on any atom is -0.348 e. The first kappa shape index (κ1) is 16.9. The van der Waals surface area contributed by atoms with Crippen LogP contribution in [0.15, 0.2) is 42.0 Å². The average Bonchev–Trinajstić information content (AvgIpc) is 3.37. The van der Waals surface area contributed by atoms with Crippen molar-refractivity contribution in [3.63, 3.8) is 0 Å². The number of amides is 2. The summed E-state index contributed by atoms with van der Waals surface area (Å²) < 4.78 is 0. The van der Waals surface area contributed by atoms with Gasteiger partial charge in [0.1, 0.15) is 5.00 Å². The molecule has 0 saturated heterocycles. The molecule has 3 aromatic rings. The van der Waals surface area contributed by atoms with Gasteiger partial charge in [0, 0.05) is 23.8 Å². The van der Waals surface area contributed by atoms with Crippen molar-refractivity contribution in [3.05, 3.63) is 68.5 Å². The van der Waals surface area contributed by atoms with Crippen molar-refractivity contribution in [1.29, 1.82) is 0 Å². The average molecular weight is 383 g/mol. The Bertz CT molecular complexity index is 933. The standard InChI is InChI=1S/C19H17N3O2S2/c23-17(15-7-3-9-25-15)22-19-16(13-5-1-6-14(13)26-19)18(24)21-11-12-4-2-8-20-10-12/h2-4,7-10H,1,5-6,11H2,(H,21,24)(H,22,23). The number of anilines is 1. The number of aromatic nitrogens is 1. The van der Waals surface area contributed by atoms with Crippen molar-refractivity contribution in [1.82, 2.24) is 10.3 Å². The number of fused-ring (bicyclic) bond motifs is 1. The molecule has 0 atom stereocenters. The van der Waals surface area contributed by atoms with E-state index in [1.807, 2.05) is 23.6 Å². The number of hydrogen-bond acceptors (Lipinski definition) is 5. The smallest absolute Gasteiger partial charge is 0.266 e. The first-order chi connectivity index (χ1) is 12.7. The van der Waals surface area contributed by atoms with E-state index in [2.05, 4.69) is 15.6 Å². The van der Waals surface area contributed by atoms with E-state index >= 15 is 0 Å². The Hall–Kier alpha value is -2.51. The largest absolute Gasteiger partial charge is 0.348 e. The van der Waals surface area contributed by atoms with Gasteiger partial charge in [0.05, 0.1) is 10.4 Å². The lowest BCUT2D eigenvalue weighted by Crippen LogP contribution is -2.25. The van der Waals surface area contributed by atoms with Crippen molar-refractivity contribution in [3.8, 4) is 0 Å². The molecule has 0 radical (unpaired) electrons. The number of hydrogen-bond donors (Lipinski definition) is 2. The predicted molar refractivity (Wildman–Crippen MR) is 104 cm³/mol. The fraction of sp³-hybridized carbons (Fsp3) is 0.211. The molecule has 0 bridgehead atoms. The molecule has 0 spiro atoms. The number of rotatable bonds is 5. The van der Waals surface area contributed by atoms with Crippen LogP contribution in [-0.4, -0.2) is 16.8 Å². The third kappa shape index (κ3) is 3.40. The molecule has 0 aromatic carbocycles. The Morgan fingerprint density at radius 2 is 2.08 bits per heavy atom. The second-order valence-electron chi connectivity index (χ2n) is 6.04. The molecule has 26 heavy (non-hydrogen) atoms. The molecular weight excluding hydrogens is 366 g/mol. The van der Waals surface area contributed by atoms with Crippen molar-refractivity contribution < 1.29 is 9.59 Å². The predicted octanol–water partition coefficient (Wildman–Crippen LogP) is 3.88. The molecule has 0 fully saturated rings. The van der Waals surface area contributed by atoms with Crippen LogP contribution in [0.3, 0.4) is 0 Å². The van der Waals surface area contributed by atoms with Crippen molar-refractivity contribution in [2.75, 3.05) is 5.32 Å². The Kier molecular flexibility index (Phi) is 4.81. The fourth-order valence-electron chi connectivity index (χ4n) is 3.08. The van der Waals surface area contributed by atoms with Gasteiger partial charge in [0.2, 0.25) is 0 Å². The summed E-state index contributed by atoms with van der Waals surface area (Å²) in [4.78, 5) is 31.2. The number of nitrogens with one attached hydrogen (secondary N) is 2. The van der Waals surface area contributed by atoms with Crippen LogP contribution in [0.5, 0.6) is 0 Å². The van der Waals surface area contributed by atoms with Gasteiger partial charge >= 0.3 is 0 Å². The molecule has 3 aromatic heterocycles. The van der Waals surface area contributed by atoms with E-state index in [9.17, 15) is 9.59 Å². The molecule has 5 nitrogen and oxygen atoms in total. The molecule has 132 valence electrons. The second-order valence-corrected chi connectivity index (χ2v) is 8.09. The van der Waals surface area contributed by atoms with E-state index in [4.69, 9.17) is 0 Å². The van der Waals surface area contributed by atoms with Gasteiger partial charge in [-0.05, 0) is 47.9 Å². The molecule has 7 heteroatoms. The first-order valence-corrected chi connectivity index (χ1v) is 10.1. The minimum atomic E-state index is -0.166. The monoisotopic (exact) mass is 383 g/mol. The molecule has 2 amide bonds. The van der Waals surface area contributed by atoms with E-state index < -0.39 is 0 Å². The number of nitrogens with zero attached hydrogens (tertiary/aromatic N) is 1. The van der Waals surface area contributed by atoms with E-state index in [1.54, 1.807) is 18.5 Å². The van der Waals surface area contributed by atoms with E-state index in [1.165, 1.54) is 27.6 Å². The lowest BCUT2D eigenvalue weighted by molar-refractivity contribution is 0.0951. The fourth-order valence-corrected chi connectivity index (χ4v) is 4.98. The van der Waals surface area contributed by atoms with Gasteiger partial charge in [0.15, 0.2) is 0 Å². The highest BCUT2D eigenvalue weighted by molar-refractivity contribution is 7.17. The zero-order valence-electron chi connectivity index (χ0n) is 14.0. The summed E-state index contributed by atoms with van der Waals surface area (Å²) in [7, 11) is 0. The number of carbonyl (C=O) groups excluding carboxylic acids is 2. The van der Waals surface area contributed by atoms with E-state index in [0.717, 1.165) is 30.4 Å². The van der Waals surface area contributed by atoms with Gasteiger partial charge in [-0.25, -0.2) is 0 Å². The van der Waals surface area contributed by atoms with E-state index in [0.29, 0.717) is 22.0 Å². The lowest BCUT2D eigenvalue weighted by atomic mass is 10.1. The summed E-state index contributed by atoms with van der Waals surface area (Å²) in [5.41, 5.74) is 2.65. The molecule has 1 aliphatic carbocycles. The maximum atomic E-state index is 12.9. The Labute approximate surface area is 159 Å². The molecule has 3 heterocycles. The molecular formula is C19H17N3O2S2. The van der Waals surface area contributed by atoms with Crippen molar-refractivity contribution in [2.45, 2.75) is 25.8 Å². The van der Waals surface area contributed by atoms with Crippen molar-refractivity contribution in [2.24, 2.45) is 0 Å². The highest BCUT2D eigenvalue weighted by Gasteiger charge is 2.27. The highest BCUT2D eigenvalue weighted by atomic mass is 32.1. The number of thiophene rings is 2. The van der Waals surface area contributed by atoms with Gasteiger partial charge in [-0.1, -0.05) is 12.1 Å². The van der Waals surface area contributed by atoms with Gasteiger partial charge in [-0.2, -0.15) is 0 Å². The van der Waals surface area contributed by atoms with Gasteiger partial charge in [-0.3, -0.25) is 14.6 Å². The second kappa shape index (κ2) is 7.39. The zero-order chi connectivity index (χ0) is 17.9. The Morgan fingerprint density at radius 3 is 2.85 bits per heavy atom. The van der Waals surface area contributed by atoms with Crippen LogP contribution in [0.25, 0.3) is 0 Å². The summed E-state index contributed by atoms with van der Waals surface area (Å²) in [5.74, 6) is -0.309. The molecule has 2 N–H and O–H groups in total. The Balaban J connectivity index is 1.56. The van der Waals surface area contributed by atoms with E-state index in [-0.39, 0.29) is 11.8 Å². The van der Waals surface area contributed by atoms with Crippen LogP contribution in [0, 0.1) is 0 Å². The quantitative estimate of drug-likeness (QED) is 0.702. The maximum Gasteiger partial charge on any atom is 0.266 e. The van der Waals surface area contributed by atoms with Crippen LogP contribution in [0.4, 0.5) is 5.00 Å². The van der Waals surface area contributed by atoms with Gasteiger partial charge in [0.25, 0.3) is 11.8 Å². The number of aryl methyl sites for hydroxylation is 1. The topological polar surface area (TPSA) is 71.1 Å². The SMILES string of the molecule is O=C(Nc1sc2c(c1C(=O)NCc1cccnc1)CCC2)c1cccs1. The van der Waals surface area contributed by atoms with Crippen LogP contribution < -0.4 is 10.6 Å².